The fourth-order valence-electron chi connectivity index (χ4n) is 3.82. The maximum Gasteiger partial charge on any atom is 0.233 e. The van der Waals surface area contributed by atoms with E-state index in [9.17, 15) is 9.59 Å². The minimum atomic E-state index is -0.308. The van der Waals surface area contributed by atoms with Crippen LogP contribution in [0.15, 0.2) is 59.4 Å². The normalized spacial score (nSPS) is 19.4. The molecule has 0 N–H and O–H groups in total. The second kappa shape index (κ2) is 7.12. The number of pyridine rings is 1. The second-order valence-corrected chi connectivity index (χ2v) is 7.38. The van der Waals surface area contributed by atoms with Gasteiger partial charge in [0.1, 0.15) is 0 Å². The lowest BCUT2D eigenvalue weighted by molar-refractivity contribution is -0.140. The van der Waals surface area contributed by atoms with Crippen LogP contribution in [0.1, 0.15) is 18.2 Å². The largest absolute Gasteiger partial charge is 0.341 e. The van der Waals surface area contributed by atoms with Crippen LogP contribution in [0.3, 0.4) is 0 Å². The molecule has 146 valence electrons. The van der Waals surface area contributed by atoms with Crippen molar-refractivity contribution in [1.82, 2.24) is 20.0 Å². The van der Waals surface area contributed by atoms with Gasteiger partial charge in [-0.15, -0.1) is 0 Å². The zero-order valence-corrected chi connectivity index (χ0v) is 15.6. The highest BCUT2D eigenvalue weighted by Crippen LogP contribution is 2.32. The van der Waals surface area contributed by atoms with Gasteiger partial charge >= 0.3 is 0 Å². The monoisotopic (exact) mass is 389 g/mol. The van der Waals surface area contributed by atoms with Crippen LogP contribution >= 0.6 is 0 Å². The maximum absolute atomic E-state index is 12.8. The van der Waals surface area contributed by atoms with Crippen molar-refractivity contribution in [2.45, 2.75) is 12.3 Å². The summed E-state index contributed by atoms with van der Waals surface area (Å²) in [6.45, 7) is 1.49. The van der Waals surface area contributed by atoms with Gasteiger partial charge in [0.25, 0.3) is 0 Å². The van der Waals surface area contributed by atoms with Gasteiger partial charge in [-0.2, -0.15) is 4.98 Å². The molecule has 2 aliphatic rings. The minimum absolute atomic E-state index is 0.00960. The molecule has 3 aromatic rings. The Labute approximate surface area is 167 Å². The van der Waals surface area contributed by atoms with Crippen molar-refractivity contribution in [3.63, 3.8) is 0 Å². The number of hydrogen-bond acceptors (Lipinski definition) is 6. The molecule has 0 spiro atoms. The first-order chi connectivity index (χ1) is 14.2. The minimum Gasteiger partial charge on any atom is -0.341 e. The first-order valence-corrected chi connectivity index (χ1v) is 9.57. The maximum atomic E-state index is 12.8. The summed E-state index contributed by atoms with van der Waals surface area (Å²) in [6, 6.07) is 13.2. The molecule has 1 unspecified atom stereocenters. The molecular weight excluding hydrogens is 370 g/mol. The number of carbonyl (C=O) groups is 2. The molecule has 2 fully saturated rings. The number of aromatic nitrogens is 3. The molecule has 1 atom stereocenters. The molecule has 8 heteroatoms. The molecule has 0 bridgehead atoms. The molecule has 2 aliphatic heterocycles. The number of hydrogen-bond donors (Lipinski definition) is 0. The quantitative estimate of drug-likeness (QED) is 0.679. The third kappa shape index (κ3) is 3.26. The smallest absolute Gasteiger partial charge is 0.233 e. The van der Waals surface area contributed by atoms with Gasteiger partial charge in [-0.1, -0.05) is 23.4 Å². The van der Waals surface area contributed by atoms with E-state index in [1.165, 1.54) is 0 Å². The van der Waals surface area contributed by atoms with Gasteiger partial charge in [-0.3, -0.25) is 14.6 Å². The molecule has 4 heterocycles. The standard InChI is InChI=1S/C21H19N5O3/c27-18-9-15(13-26(18)17-6-2-1-3-7-17)21(28)25-11-16(12-25)20-23-19(24-29-20)14-5-4-8-22-10-14/h1-8,10,15-16H,9,11-13H2. The number of amides is 2. The molecular formula is C21H19N5O3. The summed E-state index contributed by atoms with van der Waals surface area (Å²) in [5.74, 6) is 0.750. The predicted octanol–water partition coefficient (Wildman–Crippen LogP) is 2.11. The Balaban J connectivity index is 1.20. The van der Waals surface area contributed by atoms with Crippen molar-refractivity contribution < 1.29 is 14.1 Å². The highest BCUT2D eigenvalue weighted by molar-refractivity contribution is 6.00. The number of benzene rings is 1. The molecule has 2 amide bonds. The third-order valence-corrected chi connectivity index (χ3v) is 5.45. The van der Waals surface area contributed by atoms with Crippen LogP contribution in [-0.2, 0) is 9.59 Å². The number of anilines is 1. The average Bonchev–Trinajstić information content (AvgIpc) is 3.35. The zero-order valence-electron chi connectivity index (χ0n) is 15.6. The zero-order chi connectivity index (χ0) is 19.8. The van der Waals surface area contributed by atoms with Crippen molar-refractivity contribution in [2.24, 2.45) is 5.92 Å². The fraction of sp³-hybridized carbons (Fsp3) is 0.286. The number of nitrogens with zero attached hydrogens (tertiary/aromatic N) is 5. The average molecular weight is 389 g/mol. The summed E-state index contributed by atoms with van der Waals surface area (Å²) in [4.78, 5) is 37.1. The van der Waals surface area contributed by atoms with Crippen LogP contribution in [0.4, 0.5) is 5.69 Å². The van der Waals surface area contributed by atoms with Gasteiger partial charge in [-0.25, -0.2) is 0 Å². The van der Waals surface area contributed by atoms with Gasteiger partial charge in [0.15, 0.2) is 0 Å². The van der Waals surface area contributed by atoms with Crippen molar-refractivity contribution in [2.75, 3.05) is 24.5 Å². The molecule has 2 aromatic heterocycles. The first kappa shape index (κ1) is 17.5. The number of carbonyl (C=O) groups excluding carboxylic acids is 2. The van der Waals surface area contributed by atoms with Crippen molar-refractivity contribution >= 4 is 17.5 Å². The number of likely N-dealkylation sites (tertiary alicyclic amines) is 1. The third-order valence-electron chi connectivity index (χ3n) is 5.45. The Morgan fingerprint density at radius 3 is 2.66 bits per heavy atom. The van der Waals surface area contributed by atoms with E-state index in [1.807, 2.05) is 42.5 Å². The Bertz CT molecular complexity index is 1030. The fourth-order valence-corrected chi connectivity index (χ4v) is 3.82. The number of rotatable bonds is 4. The van der Waals surface area contributed by atoms with Crippen molar-refractivity contribution in [3.05, 3.63) is 60.7 Å². The van der Waals surface area contributed by atoms with E-state index in [1.54, 1.807) is 22.2 Å². The Morgan fingerprint density at radius 1 is 1.07 bits per heavy atom. The first-order valence-electron chi connectivity index (χ1n) is 9.57. The van der Waals surface area contributed by atoms with E-state index in [0.717, 1.165) is 11.3 Å². The van der Waals surface area contributed by atoms with Crippen LogP contribution < -0.4 is 4.90 Å². The van der Waals surface area contributed by atoms with Gasteiger partial charge in [0, 0.05) is 49.7 Å². The summed E-state index contributed by atoms with van der Waals surface area (Å²) in [6.07, 6.45) is 3.62. The highest BCUT2D eigenvalue weighted by Gasteiger charge is 2.42. The Hall–Kier alpha value is -3.55. The summed E-state index contributed by atoms with van der Waals surface area (Å²) >= 11 is 0. The topological polar surface area (TPSA) is 92.4 Å². The number of para-hydroxylation sites is 1. The summed E-state index contributed by atoms with van der Waals surface area (Å²) in [7, 11) is 0. The molecule has 0 saturated carbocycles. The van der Waals surface area contributed by atoms with Crippen LogP contribution in [0.5, 0.6) is 0 Å². The van der Waals surface area contributed by atoms with Crippen LogP contribution in [0.25, 0.3) is 11.4 Å². The van der Waals surface area contributed by atoms with E-state index < -0.39 is 0 Å². The van der Waals surface area contributed by atoms with E-state index in [-0.39, 0.29) is 30.1 Å². The van der Waals surface area contributed by atoms with E-state index in [0.29, 0.717) is 31.3 Å². The lowest BCUT2D eigenvalue weighted by Gasteiger charge is -2.38. The Morgan fingerprint density at radius 2 is 1.90 bits per heavy atom. The molecule has 0 aliphatic carbocycles. The SMILES string of the molecule is O=C(C1CC(=O)N(c2ccccc2)C1)N1CC(c2nc(-c3cccnc3)no2)C1. The van der Waals surface area contributed by atoms with E-state index in [2.05, 4.69) is 15.1 Å². The molecule has 1 aromatic carbocycles. The van der Waals surface area contributed by atoms with Crippen molar-refractivity contribution in [3.8, 4) is 11.4 Å². The summed E-state index contributed by atoms with van der Waals surface area (Å²) < 4.78 is 5.38. The molecule has 0 radical (unpaired) electrons. The highest BCUT2D eigenvalue weighted by atomic mass is 16.5. The van der Waals surface area contributed by atoms with Gasteiger partial charge in [0.05, 0.1) is 11.8 Å². The molecule has 5 rings (SSSR count). The molecule has 8 nitrogen and oxygen atoms in total. The predicted molar refractivity (Wildman–Crippen MR) is 104 cm³/mol. The van der Waals surface area contributed by atoms with Crippen LogP contribution in [0, 0.1) is 5.92 Å². The van der Waals surface area contributed by atoms with Crippen LogP contribution in [0.2, 0.25) is 0 Å². The molecule has 29 heavy (non-hydrogen) atoms. The molecule has 2 saturated heterocycles. The van der Waals surface area contributed by atoms with Gasteiger partial charge < -0.3 is 14.3 Å². The lowest BCUT2D eigenvalue weighted by Crippen LogP contribution is -2.51. The van der Waals surface area contributed by atoms with E-state index in [4.69, 9.17) is 4.52 Å². The Kier molecular flexibility index (Phi) is 4.31. The van der Waals surface area contributed by atoms with Crippen molar-refractivity contribution in [1.29, 1.82) is 0 Å². The van der Waals surface area contributed by atoms with Gasteiger partial charge in [0.2, 0.25) is 23.5 Å². The van der Waals surface area contributed by atoms with Crippen LogP contribution in [-0.4, -0.2) is 51.5 Å². The summed E-state index contributed by atoms with van der Waals surface area (Å²) in [5, 5.41) is 4.01. The lowest BCUT2D eigenvalue weighted by atomic mass is 9.96. The van der Waals surface area contributed by atoms with E-state index >= 15 is 0 Å². The summed E-state index contributed by atoms with van der Waals surface area (Å²) in [5.41, 5.74) is 1.63. The van der Waals surface area contributed by atoms with Gasteiger partial charge in [-0.05, 0) is 24.3 Å². The second-order valence-electron chi connectivity index (χ2n) is 7.38.